The second-order valence-electron chi connectivity index (χ2n) is 8.73. The Bertz CT molecular complexity index is 1670. The lowest BCUT2D eigenvalue weighted by Crippen LogP contribution is -2.39. The van der Waals surface area contributed by atoms with Crippen LogP contribution in [0.1, 0.15) is 22.6 Å². The van der Waals surface area contributed by atoms with Gasteiger partial charge < -0.3 is 0 Å². The maximum absolute atomic E-state index is 15.2. The van der Waals surface area contributed by atoms with E-state index in [1.165, 1.54) is 45.5 Å². The molecule has 0 fully saturated rings. The van der Waals surface area contributed by atoms with Gasteiger partial charge in [-0.25, -0.2) is 31.6 Å². The van der Waals surface area contributed by atoms with Crippen molar-refractivity contribution in [3.63, 3.8) is 0 Å². The van der Waals surface area contributed by atoms with Crippen LogP contribution in [0.15, 0.2) is 65.7 Å². The fraction of sp³-hybridized carbons (Fsp3) is 0.192. The molecule has 0 amide bonds. The minimum absolute atomic E-state index is 0.0409. The first kappa shape index (κ1) is 24.8. The number of aryl methyl sites for hydroxylation is 1. The Balaban J connectivity index is 1.50. The lowest BCUT2D eigenvalue weighted by atomic mass is 10.00. The van der Waals surface area contributed by atoms with Crippen molar-refractivity contribution in [1.82, 2.24) is 18.8 Å². The van der Waals surface area contributed by atoms with Crippen molar-refractivity contribution in [2.75, 3.05) is 6.54 Å². The van der Waals surface area contributed by atoms with Crippen molar-refractivity contribution < 1.29 is 21.6 Å². The van der Waals surface area contributed by atoms with E-state index in [0.717, 1.165) is 12.1 Å². The summed E-state index contributed by atoms with van der Waals surface area (Å²) in [7, 11) is -3.72. The number of aromatic nitrogens is 3. The normalized spacial score (nSPS) is 13.9. The smallest absolute Gasteiger partial charge is 0.255 e. The third-order valence-corrected chi connectivity index (χ3v) is 8.04. The molecule has 2 aromatic carbocycles. The SMILES string of the molecule is Cc1cc(-c2ccc(F)c(F)c2)c(F)cc1-n1c2c(ccc1=O)CN(S(=O)(=O)Cc1ncccn1)CC2. The standard InChI is InChI=1S/C26H21F3N4O3S/c1-16-11-19(17-3-5-20(27)22(29)12-17)21(28)13-24(16)33-23-7-10-32(14-18(23)4-6-26(33)34)37(35,36)15-25-30-8-2-9-31-25/h2-6,8-9,11-13H,7,10,14-15H2,1H3. The molecule has 0 radical (unpaired) electrons. The zero-order valence-corrected chi connectivity index (χ0v) is 20.5. The Kier molecular flexibility index (Phi) is 6.42. The van der Waals surface area contributed by atoms with Crippen LogP contribution in [0, 0.1) is 24.4 Å². The summed E-state index contributed by atoms with van der Waals surface area (Å²) in [6, 6.07) is 10.3. The molecule has 5 rings (SSSR count). The largest absolute Gasteiger partial charge is 0.281 e. The number of nitrogens with zero attached hydrogens (tertiary/aromatic N) is 4. The molecular weight excluding hydrogens is 505 g/mol. The highest BCUT2D eigenvalue weighted by Gasteiger charge is 2.30. The summed E-state index contributed by atoms with van der Waals surface area (Å²) in [5, 5.41) is 0. The van der Waals surface area contributed by atoms with Gasteiger partial charge in [-0.15, -0.1) is 0 Å². The third kappa shape index (κ3) is 4.79. The van der Waals surface area contributed by atoms with Gasteiger partial charge in [0.05, 0.1) is 5.69 Å². The molecular formula is C26H21F3N4O3S. The Morgan fingerprint density at radius 2 is 1.70 bits per heavy atom. The van der Waals surface area contributed by atoms with Gasteiger partial charge in [0.15, 0.2) is 11.6 Å². The highest BCUT2D eigenvalue weighted by Crippen LogP contribution is 2.30. The van der Waals surface area contributed by atoms with E-state index in [9.17, 15) is 22.0 Å². The summed E-state index contributed by atoms with van der Waals surface area (Å²) in [5.74, 6) is -3.00. The Labute approximate surface area is 210 Å². The third-order valence-electron chi connectivity index (χ3n) is 6.31. The second-order valence-corrected chi connectivity index (χ2v) is 10.7. The molecule has 0 atom stereocenters. The number of hydrogen-bond donors (Lipinski definition) is 0. The predicted octanol–water partition coefficient (Wildman–Crippen LogP) is 3.91. The molecule has 190 valence electrons. The first-order valence-electron chi connectivity index (χ1n) is 11.4. The van der Waals surface area contributed by atoms with Gasteiger partial charge in [-0.3, -0.25) is 9.36 Å². The van der Waals surface area contributed by atoms with Crippen molar-refractivity contribution in [3.05, 3.63) is 111 Å². The molecule has 3 heterocycles. The maximum Gasteiger partial charge on any atom is 0.255 e. The first-order valence-corrected chi connectivity index (χ1v) is 13.0. The van der Waals surface area contributed by atoms with Crippen LogP contribution in [0.25, 0.3) is 16.8 Å². The number of hydrogen-bond acceptors (Lipinski definition) is 5. The van der Waals surface area contributed by atoms with Crippen molar-refractivity contribution in [2.24, 2.45) is 0 Å². The van der Waals surface area contributed by atoms with E-state index in [-0.39, 0.29) is 42.2 Å². The zero-order chi connectivity index (χ0) is 26.3. The molecule has 0 aliphatic carbocycles. The number of pyridine rings is 1. The molecule has 7 nitrogen and oxygen atoms in total. The van der Waals surface area contributed by atoms with Crippen molar-refractivity contribution >= 4 is 10.0 Å². The topological polar surface area (TPSA) is 85.2 Å². The summed E-state index contributed by atoms with van der Waals surface area (Å²) in [6.45, 7) is 1.85. The van der Waals surface area contributed by atoms with Crippen molar-refractivity contribution in [1.29, 1.82) is 0 Å². The van der Waals surface area contributed by atoms with Crippen LogP contribution < -0.4 is 5.56 Å². The van der Waals surface area contributed by atoms with E-state index in [2.05, 4.69) is 9.97 Å². The highest BCUT2D eigenvalue weighted by atomic mass is 32.2. The summed E-state index contributed by atoms with van der Waals surface area (Å²) < 4.78 is 70.9. The minimum Gasteiger partial charge on any atom is -0.281 e. The Morgan fingerprint density at radius 3 is 2.43 bits per heavy atom. The predicted molar refractivity (Wildman–Crippen MR) is 131 cm³/mol. The number of fused-ring (bicyclic) bond motifs is 1. The van der Waals surface area contributed by atoms with Crippen molar-refractivity contribution in [3.8, 4) is 16.8 Å². The van der Waals surface area contributed by atoms with Crippen LogP contribution in [0.4, 0.5) is 13.2 Å². The molecule has 0 saturated heterocycles. The average molecular weight is 527 g/mol. The molecule has 0 N–H and O–H groups in total. The summed E-state index contributed by atoms with van der Waals surface area (Å²) in [4.78, 5) is 20.9. The number of benzene rings is 2. The molecule has 2 aromatic heterocycles. The van der Waals surface area contributed by atoms with Crippen LogP contribution >= 0.6 is 0 Å². The van der Waals surface area contributed by atoms with Gasteiger partial charge in [0.2, 0.25) is 10.0 Å². The molecule has 0 bridgehead atoms. The fourth-order valence-corrected chi connectivity index (χ4v) is 5.86. The van der Waals surface area contributed by atoms with Gasteiger partial charge in [0.1, 0.15) is 17.4 Å². The number of rotatable bonds is 5. The van der Waals surface area contributed by atoms with Gasteiger partial charge in [-0.05, 0) is 53.9 Å². The first-order chi connectivity index (χ1) is 17.6. The summed E-state index contributed by atoms with van der Waals surface area (Å²) in [6.07, 6.45) is 3.18. The van der Waals surface area contributed by atoms with Crippen LogP contribution in [0.3, 0.4) is 0 Å². The van der Waals surface area contributed by atoms with E-state index in [1.807, 2.05) is 0 Å². The summed E-state index contributed by atoms with van der Waals surface area (Å²) >= 11 is 0. The van der Waals surface area contributed by atoms with Gasteiger partial charge in [-0.1, -0.05) is 12.1 Å². The van der Waals surface area contributed by atoms with Gasteiger partial charge >= 0.3 is 0 Å². The number of sulfonamides is 1. The van der Waals surface area contributed by atoms with E-state index in [0.29, 0.717) is 22.5 Å². The van der Waals surface area contributed by atoms with E-state index < -0.39 is 33.0 Å². The number of halogens is 3. The molecule has 37 heavy (non-hydrogen) atoms. The van der Waals surface area contributed by atoms with Gasteiger partial charge in [-0.2, -0.15) is 4.31 Å². The quantitative estimate of drug-likeness (QED) is 0.394. The lowest BCUT2D eigenvalue weighted by Gasteiger charge is -2.30. The Morgan fingerprint density at radius 1 is 0.946 bits per heavy atom. The van der Waals surface area contributed by atoms with Crippen LogP contribution in [-0.4, -0.2) is 33.8 Å². The van der Waals surface area contributed by atoms with E-state index in [4.69, 9.17) is 0 Å². The van der Waals surface area contributed by atoms with E-state index in [1.54, 1.807) is 19.1 Å². The average Bonchev–Trinajstić information content (AvgIpc) is 2.87. The summed E-state index contributed by atoms with van der Waals surface area (Å²) in [5.41, 5.74) is 1.87. The molecule has 0 saturated carbocycles. The molecule has 1 aliphatic rings. The highest BCUT2D eigenvalue weighted by molar-refractivity contribution is 7.88. The van der Waals surface area contributed by atoms with Crippen molar-refractivity contribution in [2.45, 2.75) is 25.6 Å². The fourth-order valence-electron chi connectivity index (χ4n) is 4.49. The molecule has 4 aromatic rings. The van der Waals surface area contributed by atoms with Gasteiger partial charge in [0, 0.05) is 49.2 Å². The van der Waals surface area contributed by atoms with Crippen LogP contribution in [-0.2, 0) is 28.7 Å². The molecule has 0 unspecified atom stereocenters. The van der Waals surface area contributed by atoms with E-state index >= 15 is 4.39 Å². The molecule has 11 heteroatoms. The maximum atomic E-state index is 15.2. The van der Waals surface area contributed by atoms with Crippen LogP contribution in [0.2, 0.25) is 0 Å². The second kappa shape index (κ2) is 9.56. The monoisotopic (exact) mass is 526 g/mol. The minimum atomic E-state index is -3.72. The molecule has 0 spiro atoms. The lowest BCUT2D eigenvalue weighted by molar-refractivity contribution is 0.383. The van der Waals surface area contributed by atoms with Gasteiger partial charge in [0.25, 0.3) is 5.56 Å². The molecule has 1 aliphatic heterocycles. The zero-order valence-electron chi connectivity index (χ0n) is 19.7. The Hall–Kier alpha value is -3.83. The van der Waals surface area contributed by atoms with Crippen LogP contribution in [0.5, 0.6) is 0 Å².